The van der Waals surface area contributed by atoms with Gasteiger partial charge < -0.3 is 25.6 Å². The zero-order chi connectivity index (χ0) is 26.1. The number of hydrogen-bond donors (Lipinski definition) is 3. The molecule has 1 aromatic heterocycles. The normalized spacial score (nSPS) is 11.7. The number of fused-ring (bicyclic) bond motifs is 1. The van der Waals surface area contributed by atoms with E-state index in [0.717, 1.165) is 20.9 Å². The molecule has 3 rings (SSSR count). The fourth-order valence-corrected chi connectivity index (χ4v) is 5.40. The van der Waals surface area contributed by atoms with Crippen LogP contribution >= 0.6 is 0 Å². The van der Waals surface area contributed by atoms with E-state index in [4.69, 9.17) is 5.73 Å². The van der Waals surface area contributed by atoms with E-state index in [1.807, 2.05) is 25.2 Å². The van der Waals surface area contributed by atoms with Crippen molar-refractivity contribution in [2.24, 2.45) is 7.05 Å². The van der Waals surface area contributed by atoms with Crippen molar-refractivity contribution >= 4 is 38.8 Å². The summed E-state index contributed by atoms with van der Waals surface area (Å²) in [5.74, 6) is -0.593. The van der Waals surface area contributed by atoms with E-state index in [0.29, 0.717) is 23.6 Å². The molecular weight excluding hydrogens is 472 g/mol. The van der Waals surface area contributed by atoms with Crippen LogP contribution in [0.3, 0.4) is 0 Å². The highest BCUT2D eigenvalue weighted by molar-refractivity contribution is 7.89. The van der Waals surface area contributed by atoms with Crippen molar-refractivity contribution in [1.29, 1.82) is 0 Å². The number of amides is 2. The van der Waals surface area contributed by atoms with Crippen LogP contribution in [-0.4, -0.2) is 71.3 Å². The zero-order valence-corrected chi connectivity index (χ0v) is 21.2. The number of anilines is 1. The number of hydrogen-bond acceptors (Lipinski definition) is 7. The number of phenols is 1. The summed E-state index contributed by atoms with van der Waals surface area (Å²) in [5, 5.41) is 12.1. The van der Waals surface area contributed by atoms with Crippen molar-refractivity contribution in [2.45, 2.75) is 25.3 Å². The molecule has 4 N–H and O–H groups in total. The molecule has 0 spiro atoms. The minimum absolute atomic E-state index is 0.0352. The maximum absolute atomic E-state index is 13.0. The molecule has 3 aromatic rings. The minimum Gasteiger partial charge on any atom is -0.508 e. The second-order valence-corrected chi connectivity index (χ2v) is 10.5. The van der Waals surface area contributed by atoms with Crippen LogP contribution in [0, 0.1) is 13.8 Å². The van der Waals surface area contributed by atoms with Crippen LogP contribution in [0.5, 0.6) is 5.75 Å². The third-order valence-electron chi connectivity index (χ3n) is 5.74. The Balaban J connectivity index is 1.57. The highest BCUT2D eigenvalue weighted by Gasteiger charge is 2.27. The number of aromatic hydroxyl groups is 1. The number of benzene rings is 2. The molecule has 2 aromatic carbocycles. The van der Waals surface area contributed by atoms with Crippen LogP contribution in [0.1, 0.15) is 16.7 Å². The van der Waals surface area contributed by atoms with E-state index in [1.165, 1.54) is 24.1 Å². The lowest BCUT2D eigenvalue weighted by Crippen LogP contribution is -2.43. The van der Waals surface area contributed by atoms with E-state index < -0.39 is 22.5 Å². The number of imidazole rings is 1. The van der Waals surface area contributed by atoms with Crippen LogP contribution < -0.4 is 11.1 Å². The Bertz CT molecular complexity index is 1380. The standard InChI is InChI=1S/C23H30N6O5S/c1-14-8-17(30)9-15(2)22(14)35(33,34)28(4)13-20(31)25-11-21(32)27(3)12-16-6-7-19-18(10-16)26-23(24)29(19)5/h6-10,30H,11-13H2,1-5H3,(H2,24,26)(H,25,31). The number of aromatic nitrogens is 2. The van der Waals surface area contributed by atoms with Gasteiger partial charge in [-0.15, -0.1) is 0 Å². The number of nitrogen functional groups attached to an aromatic ring is 1. The Labute approximate surface area is 204 Å². The van der Waals surface area contributed by atoms with Crippen molar-refractivity contribution in [3.63, 3.8) is 0 Å². The van der Waals surface area contributed by atoms with Crippen LogP contribution in [0.2, 0.25) is 0 Å². The average molecular weight is 503 g/mol. The van der Waals surface area contributed by atoms with Gasteiger partial charge in [0.15, 0.2) is 0 Å². The van der Waals surface area contributed by atoms with Crippen molar-refractivity contribution in [3.05, 3.63) is 47.0 Å². The summed E-state index contributed by atoms with van der Waals surface area (Å²) in [6.07, 6.45) is 0. The first-order valence-corrected chi connectivity index (χ1v) is 12.2. The van der Waals surface area contributed by atoms with Crippen molar-refractivity contribution in [1.82, 2.24) is 24.1 Å². The molecule has 0 aliphatic carbocycles. The van der Waals surface area contributed by atoms with Gasteiger partial charge in [0.05, 0.1) is 29.0 Å². The van der Waals surface area contributed by atoms with Gasteiger partial charge in [0.1, 0.15) is 5.75 Å². The van der Waals surface area contributed by atoms with Gasteiger partial charge in [0.25, 0.3) is 0 Å². The molecule has 0 saturated heterocycles. The predicted molar refractivity (Wildman–Crippen MR) is 132 cm³/mol. The van der Waals surface area contributed by atoms with Gasteiger partial charge in [-0.1, -0.05) is 6.07 Å². The summed E-state index contributed by atoms with van der Waals surface area (Å²) in [7, 11) is 0.737. The fraction of sp³-hybridized carbons (Fsp3) is 0.348. The summed E-state index contributed by atoms with van der Waals surface area (Å²) in [4.78, 5) is 30.7. The lowest BCUT2D eigenvalue weighted by atomic mass is 10.1. The number of sulfonamides is 1. The van der Waals surface area contributed by atoms with Gasteiger partial charge in [-0.05, 0) is 54.8 Å². The summed E-state index contributed by atoms with van der Waals surface area (Å²) in [6, 6.07) is 8.30. The highest BCUT2D eigenvalue weighted by atomic mass is 32.2. The van der Waals surface area contributed by atoms with E-state index >= 15 is 0 Å². The first-order valence-electron chi connectivity index (χ1n) is 10.8. The molecule has 0 aliphatic rings. The minimum atomic E-state index is -3.98. The van der Waals surface area contributed by atoms with Crippen molar-refractivity contribution < 1.29 is 23.1 Å². The summed E-state index contributed by atoms with van der Waals surface area (Å²) < 4.78 is 28.6. The van der Waals surface area contributed by atoms with E-state index in [-0.39, 0.29) is 23.1 Å². The monoisotopic (exact) mass is 502 g/mol. The van der Waals surface area contributed by atoms with Gasteiger partial charge in [-0.2, -0.15) is 4.31 Å². The Morgan fingerprint density at radius 1 is 1.14 bits per heavy atom. The molecule has 0 unspecified atom stereocenters. The van der Waals surface area contributed by atoms with Gasteiger partial charge in [0, 0.05) is 27.7 Å². The molecule has 0 aliphatic heterocycles. The number of carbonyl (C=O) groups excluding carboxylic acids is 2. The van der Waals surface area contributed by atoms with Gasteiger partial charge in [-0.3, -0.25) is 9.59 Å². The number of nitrogens with zero attached hydrogens (tertiary/aromatic N) is 4. The average Bonchev–Trinajstić information content (AvgIpc) is 3.03. The Morgan fingerprint density at radius 3 is 2.40 bits per heavy atom. The quantitative estimate of drug-likeness (QED) is 0.413. The molecule has 0 atom stereocenters. The smallest absolute Gasteiger partial charge is 0.243 e. The number of likely N-dealkylation sites (N-methyl/N-ethyl adjacent to an activating group) is 2. The van der Waals surface area contributed by atoms with Crippen LogP contribution in [0.4, 0.5) is 5.95 Å². The topological polar surface area (TPSA) is 151 Å². The molecule has 11 nitrogen and oxygen atoms in total. The highest BCUT2D eigenvalue weighted by Crippen LogP contribution is 2.27. The SMILES string of the molecule is Cc1cc(O)cc(C)c1S(=O)(=O)N(C)CC(=O)NCC(=O)N(C)Cc1ccc2c(c1)nc(N)n2C. The van der Waals surface area contributed by atoms with E-state index in [1.54, 1.807) is 25.5 Å². The molecule has 0 saturated carbocycles. The molecule has 2 amide bonds. The number of aryl methyl sites for hydroxylation is 3. The number of carbonyl (C=O) groups is 2. The molecule has 35 heavy (non-hydrogen) atoms. The first kappa shape index (κ1) is 26.0. The van der Waals surface area contributed by atoms with Crippen LogP contribution in [0.15, 0.2) is 35.2 Å². The second-order valence-electron chi connectivity index (χ2n) is 8.55. The lowest BCUT2D eigenvalue weighted by Gasteiger charge is -2.21. The largest absolute Gasteiger partial charge is 0.508 e. The number of phenolic OH excluding ortho intramolecular Hbond substituents is 1. The van der Waals surface area contributed by atoms with E-state index in [9.17, 15) is 23.1 Å². The van der Waals surface area contributed by atoms with Crippen molar-refractivity contribution in [2.75, 3.05) is 32.9 Å². The predicted octanol–water partition coefficient (Wildman–Crippen LogP) is 0.873. The molecular formula is C23H30N6O5S. The second kappa shape index (κ2) is 9.92. The third-order valence-corrected chi connectivity index (χ3v) is 7.85. The Morgan fingerprint density at radius 2 is 1.77 bits per heavy atom. The summed E-state index contributed by atoms with van der Waals surface area (Å²) >= 11 is 0. The van der Waals surface area contributed by atoms with Gasteiger partial charge in [-0.25, -0.2) is 13.4 Å². The maximum Gasteiger partial charge on any atom is 0.243 e. The first-order chi connectivity index (χ1) is 16.3. The molecule has 188 valence electrons. The summed E-state index contributed by atoms with van der Waals surface area (Å²) in [6.45, 7) is 2.70. The van der Waals surface area contributed by atoms with Gasteiger partial charge in [0.2, 0.25) is 27.8 Å². The van der Waals surface area contributed by atoms with E-state index in [2.05, 4.69) is 10.3 Å². The van der Waals surface area contributed by atoms with Crippen LogP contribution in [0.25, 0.3) is 11.0 Å². The van der Waals surface area contributed by atoms with Gasteiger partial charge >= 0.3 is 0 Å². The zero-order valence-electron chi connectivity index (χ0n) is 20.4. The maximum atomic E-state index is 13.0. The third kappa shape index (κ3) is 5.54. The fourth-order valence-electron chi connectivity index (χ4n) is 3.87. The summed E-state index contributed by atoms with van der Waals surface area (Å²) in [5.41, 5.74) is 9.03. The molecule has 0 fully saturated rings. The number of nitrogens with one attached hydrogen (secondary N) is 1. The molecule has 1 heterocycles. The molecule has 0 bridgehead atoms. The van der Waals surface area contributed by atoms with Crippen LogP contribution in [-0.2, 0) is 33.2 Å². The Hall–Kier alpha value is -3.64. The number of rotatable bonds is 8. The molecule has 12 heteroatoms. The number of nitrogens with two attached hydrogens (primary N) is 1. The lowest BCUT2D eigenvalue weighted by molar-refractivity contribution is -0.132. The molecule has 0 radical (unpaired) electrons. The van der Waals surface area contributed by atoms with Crippen molar-refractivity contribution in [3.8, 4) is 5.75 Å². The Kier molecular flexibility index (Phi) is 7.36.